The van der Waals surface area contributed by atoms with Crippen LogP contribution in [-0.4, -0.2) is 66.2 Å². The largest absolute Gasteiger partial charge is 0.446 e. The monoisotopic (exact) mass is 553 g/mol. The summed E-state index contributed by atoms with van der Waals surface area (Å²) in [4.78, 5) is 37.8. The fraction of sp³-hybridized carbons (Fsp3) is 0.654. The maximum atomic E-state index is 13.1. The quantitative estimate of drug-likeness (QED) is 0.259. The minimum absolute atomic E-state index is 0.0158. The Bertz CT molecular complexity index is 1060. The number of alkyl carbamates (subject to hydrolysis) is 1. The number of carbonyl (C=O) groups excluding carboxylic acids is 3. The van der Waals surface area contributed by atoms with Crippen LogP contribution in [0.1, 0.15) is 70.3 Å². The molecular weight excluding hydrogens is 514 g/mol. The van der Waals surface area contributed by atoms with Gasteiger partial charge in [0.05, 0.1) is 6.04 Å². The molecule has 2 fully saturated rings. The van der Waals surface area contributed by atoms with Gasteiger partial charge in [-0.3, -0.25) is 14.1 Å². The third-order valence-electron chi connectivity index (χ3n) is 7.21. The van der Waals surface area contributed by atoms with Crippen molar-refractivity contribution in [2.75, 3.05) is 6.54 Å². The van der Waals surface area contributed by atoms with E-state index in [9.17, 15) is 32.5 Å². The van der Waals surface area contributed by atoms with E-state index in [4.69, 9.17) is 4.74 Å². The van der Waals surface area contributed by atoms with E-state index >= 15 is 0 Å². The molecule has 1 aromatic rings. The topological polar surface area (TPSA) is 171 Å². The van der Waals surface area contributed by atoms with Crippen molar-refractivity contribution in [3.05, 3.63) is 35.9 Å². The first kappa shape index (κ1) is 29.9. The Morgan fingerprint density at radius 1 is 1.08 bits per heavy atom. The Morgan fingerprint density at radius 3 is 2.29 bits per heavy atom. The zero-order valence-electron chi connectivity index (χ0n) is 21.8. The molecule has 2 aliphatic rings. The number of aliphatic hydroxyl groups excluding tert-OH is 1. The molecule has 12 heteroatoms. The van der Waals surface area contributed by atoms with Gasteiger partial charge in [0.15, 0.2) is 0 Å². The number of hydrogen-bond donors (Lipinski definition) is 5. The lowest BCUT2D eigenvalue weighted by molar-refractivity contribution is -0.126. The van der Waals surface area contributed by atoms with E-state index in [1.165, 1.54) is 5.56 Å². The molecule has 1 aromatic carbocycles. The highest BCUT2D eigenvalue weighted by atomic mass is 32.2. The standard InChI is InChI=1S/C26H39N3O8S/c1-16(2)14-21(24(31)28-22(25(32)38(34,35)36)15-19-12-13-27-23(19)30)29-26(33)37-20-10-8-18(9-11-20)17-6-4-3-5-7-17/h3-7,16,18-22,25,32H,8-15H2,1-2H3,(H,27,30)(H,28,31)(H,29,33)(H,34,35,36)/t18?,19?,20?,21?,22-,25?/m0/s1. The summed E-state index contributed by atoms with van der Waals surface area (Å²) in [5, 5.41) is 17.8. The average molecular weight is 554 g/mol. The molecule has 3 unspecified atom stereocenters. The predicted molar refractivity (Wildman–Crippen MR) is 140 cm³/mol. The molecule has 4 atom stereocenters. The molecule has 0 spiro atoms. The summed E-state index contributed by atoms with van der Waals surface area (Å²) in [6, 6.07) is 7.66. The molecule has 1 saturated carbocycles. The number of ether oxygens (including phenoxy) is 1. The zero-order chi connectivity index (χ0) is 27.9. The van der Waals surface area contributed by atoms with Crippen molar-refractivity contribution in [1.82, 2.24) is 16.0 Å². The molecule has 1 aliphatic heterocycles. The van der Waals surface area contributed by atoms with Crippen LogP contribution < -0.4 is 16.0 Å². The van der Waals surface area contributed by atoms with Gasteiger partial charge in [-0.2, -0.15) is 8.42 Å². The molecular formula is C26H39N3O8S. The second-order valence-electron chi connectivity index (χ2n) is 10.6. The third-order valence-corrected chi connectivity index (χ3v) is 8.15. The first-order valence-corrected chi connectivity index (χ1v) is 14.7. The van der Waals surface area contributed by atoms with Gasteiger partial charge in [0.1, 0.15) is 12.1 Å². The average Bonchev–Trinajstić information content (AvgIpc) is 3.27. The van der Waals surface area contributed by atoms with Crippen LogP contribution in [0.4, 0.5) is 4.79 Å². The van der Waals surface area contributed by atoms with Crippen molar-refractivity contribution in [2.24, 2.45) is 11.8 Å². The zero-order valence-corrected chi connectivity index (χ0v) is 22.7. The minimum atomic E-state index is -4.93. The van der Waals surface area contributed by atoms with Crippen molar-refractivity contribution < 1.29 is 37.2 Å². The fourth-order valence-corrected chi connectivity index (χ4v) is 5.78. The van der Waals surface area contributed by atoms with E-state index in [2.05, 4.69) is 28.1 Å². The third kappa shape index (κ3) is 8.67. The van der Waals surface area contributed by atoms with Crippen LogP contribution in [0.5, 0.6) is 0 Å². The van der Waals surface area contributed by atoms with Crippen LogP contribution in [0, 0.1) is 11.8 Å². The van der Waals surface area contributed by atoms with Gasteiger partial charge in [0.2, 0.25) is 17.3 Å². The fourth-order valence-electron chi connectivity index (χ4n) is 5.18. The molecule has 1 aliphatic carbocycles. The molecule has 0 radical (unpaired) electrons. The highest BCUT2D eigenvalue weighted by Crippen LogP contribution is 2.34. The van der Waals surface area contributed by atoms with Crippen LogP contribution >= 0.6 is 0 Å². The number of rotatable bonds is 11. The van der Waals surface area contributed by atoms with Crippen LogP contribution in [0.3, 0.4) is 0 Å². The van der Waals surface area contributed by atoms with E-state index in [-0.39, 0.29) is 30.8 Å². The highest BCUT2D eigenvalue weighted by molar-refractivity contribution is 7.86. The second kappa shape index (κ2) is 13.4. The lowest BCUT2D eigenvalue weighted by Gasteiger charge is -2.30. The van der Waals surface area contributed by atoms with Gasteiger partial charge in [-0.1, -0.05) is 44.2 Å². The van der Waals surface area contributed by atoms with E-state index in [1.807, 2.05) is 32.0 Å². The molecule has 38 heavy (non-hydrogen) atoms. The molecule has 212 valence electrons. The maximum absolute atomic E-state index is 13.1. The van der Waals surface area contributed by atoms with Crippen LogP contribution in [0.15, 0.2) is 30.3 Å². The first-order chi connectivity index (χ1) is 17.9. The van der Waals surface area contributed by atoms with Crippen molar-refractivity contribution in [2.45, 2.75) is 88.3 Å². The molecule has 11 nitrogen and oxygen atoms in total. The van der Waals surface area contributed by atoms with Gasteiger partial charge in [0, 0.05) is 12.5 Å². The van der Waals surface area contributed by atoms with Gasteiger partial charge in [-0.05, 0) is 62.3 Å². The maximum Gasteiger partial charge on any atom is 0.408 e. The number of hydrogen-bond acceptors (Lipinski definition) is 7. The molecule has 0 bridgehead atoms. The van der Waals surface area contributed by atoms with Crippen molar-refractivity contribution >= 4 is 28.0 Å². The summed E-state index contributed by atoms with van der Waals surface area (Å²) in [7, 11) is -4.93. The van der Waals surface area contributed by atoms with Crippen molar-refractivity contribution in [3.8, 4) is 0 Å². The molecule has 3 amide bonds. The van der Waals surface area contributed by atoms with Crippen LogP contribution in [0.2, 0.25) is 0 Å². The number of carbonyl (C=O) groups is 3. The highest BCUT2D eigenvalue weighted by Gasteiger charge is 2.38. The summed E-state index contributed by atoms with van der Waals surface area (Å²) in [6.07, 6.45) is 2.53. The van der Waals surface area contributed by atoms with Crippen LogP contribution in [-0.2, 0) is 24.4 Å². The Balaban J connectivity index is 1.60. The first-order valence-electron chi connectivity index (χ1n) is 13.2. The summed E-state index contributed by atoms with van der Waals surface area (Å²) in [5.74, 6) is -1.31. The molecule has 1 heterocycles. The Labute approximate surface area is 223 Å². The number of amides is 3. The summed E-state index contributed by atoms with van der Waals surface area (Å²) in [5.41, 5.74) is -1.06. The van der Waals surface area contributed by atoms with Gasteiger partial charge >= 0.3 is 6.09 Å². The summed E-state index contributed by atoms with van der Waals surface area (Å²) >= 11 is 0. The lowest BCUT2D eigenvalue weighted by atomic mass is 9.83. The lowest BCUT2D eigenvalue weighted by Crippen LogP contribution is -2.55. The van der Waals surface area contributed by atoms with Gasteiger partial charge in [0.25, 0.3) is 10.1 Å². The Kier molecular flexibility index (Phi) is 10.5. The smallest absolute Gasteiger partial charge is 0.408 e. The Morgan fingerprint density at radius 2 is 1.74 bits per heavy atom. The molecule has 3 rings (SSSR count). The second-order valence-corrected chi connectivity index (χ2v) is 12.2. The summed E-state index contributed by atoms with van der Waals surface area (Å²) in [6.45, 7) is 4.10. The van der Waals surface area contributed by atoms with Crippen molar-refractivity contribution in [1.29, 1.82) is 0 Å². The molecule has 5 N–H and O–H groups in total. The number of aliphatic hydroxyl groups is 1. The predicted octanol–water partition coefficient (Wildman–Crippen LogP) is 2.07. The molecule has 0 aromatic heterocycles. The van der Waals surface area contributed by atoms with Crippen LogP contribution in [0.25, 0.3) is 0 Å². The van der Waals surface area contributed by atoms with Gasteiger partial charge < -0.3 is 25.8 Å². The van der Waals surface area contributed by atoms with Gasteiger partial charge in [-0.25, -0.2) is 4.79 Å². The van der Waals surface area contributed by atoms with E-state index in [0.717, 1.165) is 12.8 Å². The summed E-state index contributed by atoms with van der Waals surface area (Å²) < 4.78 is 38.3. The van der Waals surface area contributed by atoms with E-state index < -0.39 is 45.6 Å². The van der Waals surface area contributed by atoms with E-state index in [1.54, 1.807) is 0 Å². The normalized spacial score (nSPS) is 24.2. The van der Waals surface area contributed by atoms with Crippen molar-refractivity contribution in [3.63, 3.8) is 0 Å². The number of nitrogens with one attached hydrogen (secondary N) is 3. The van der Waals surface area contributed by atoms with E-state index in [0.29, 0.717) is 31.7 Å². The Hall–Kier alpha value is -2.70. The SMILES string of the molecule is CC(C)CC(NC(=O)OC1CCC(c2ccccc2)CC1)C(=O)N[C@@H](CC1CCNC1=O)C(O)S(=O)(=O)O. The van der Waals surface area contributed by atoms with Gasteiger partial charge in [-0.15, -0.1) is 0 Å². The molecule has 1 saturated heterocycles. The number of benzene rings is 1. The minimum Gasteiger partial charge on any atom is -0.446 e.